The lowest BCUT2D eigenvalue weighted by Gasteiger charge is -1.99. The zero-order chi connectivity index (χ0) is 7.84. The Morgan fingerprint density at radius 2 is 2.09 bits per heavy atom. The van der Waals surface area contributed by atoms with Gasteiger partial charge in [-0.3, -0.25) is 4.79 Å². The fourth-order valence-electron chi connectivity index (χ4n) is 1.22. The van der Waals surface area contributed by atoms with Crippen LogP contribution in [0.1, 0.15) is 21.3 Å². The number of carbonyl (C=O) groups excluding carboxylic acids is 1. The van der Waals surface area contributed by atoms with E-state index in [4.69, 9.17) is 0 Å². The SMILES string of the molecule is O=C1NC(S)c2ccccc21. The molecule has 2 nitrogen and oxygen atoms in total. The van der Waals surface area contributed by atoms with Gasteiger partial charge in [-0.05, 0) is 11.6 Å². The third-order valence-electron chi connectivity index (χ3n) is 1.77. The Kier molecular flexibility index (Phi) is 1.39. The van der Waals surface area contributed by atoms with Crippen molar-refractivity contribution in [3.05, 3.63) is 35.4 Å². The topological polar surface area (TPSA) is 29.1 Å². The first-order valence-electron chi connectivity index (χ1n) is 3.37. The number of fused-ring (bicyclic) bond motifs is 1. The van der Waals surface area contributed by atoms with Crippen LogP contribution in [0, 0.1) is 0 Å². The van der Waals surface area contributed by atoms with Crippen LogP contribution in [-0.4, -0.2) is 5.91 Å². The quantitative estimate of drug-likeness (QED) is 0.558. The van der Waals surface area contributed by atoms with Gasteiger partial charge in [0.2, 0.25) is 0 Å². The molecule has 11 heavy (non-hydrogen) atoms. The molecule has 0 saturated heterocycles. The van der Waals surface area contributed by atoms with E-state index < -0.39 is 0 Å². The molecular formula is C8H7NOS. The van der Waals surface area contributed by atoms with Crippen molar-refractivity contribution in [2.45, 2.75) is 5.37 Å². The van der Waals surface area contributed by atoms with Gasteiger partial charge in [-0.25, -0.2) is 0 Å². The maximum Gasteiger partial charge on any atom is 0.252 e. The van der Waals surface area contributed by atoms with Gasteiger partial charge in [0.15, 0.2) is 0 Å². The molecule has 1 aromatic carbocycles. The van der Waals surface area contributed by atoms with Gasteiger partial charge >= 0.3 is 0 Å². The minimum absolute atomic E-state index is 0.0272. The van der Waals surface area contributed by atoms with Crippen LogP contribution in [0.2, 0.25) is 0 Å². The van der Waals surface area contributed by atoms with E-state index in [0.717, 1.165) is 11.1 Å². The van der Waals surface area contributed by atoms with Gasteiger partial charge in [0.05, 0.1) is 5.37 Å². The Hall–Kier alpha value is -0.960. The number of nitrogens with one attached hydrogen (secondary N) is 1. The molecule has 3 heteroatoms. The summed E-state index contributed by atoms with van der Waals surface area (Å²) in [5.74, 6) is -0.0272. The van der Waals surface area contributed by atoms with Crippen LogP contribution in [0.15, 0.2) is 24.3 Å². The number of thiol groups is 1. The molecule has 1 aliphatic heterocycles. The maximum atomic E-state index is 11.1. The van der Waals surface area contributed by atoms with Gasteiger partial charge in [0, 0.05) is 5.56 Å². The number of carbonyl (C=O) groups is 1. The molecule has 1 N–H and O–H groups in total. The first kappa shape index (κ1) is 6.73. The Balaban J connectivity index is 2.60. The highest BCUT2D eigenvalue weighted by Gasteiger charge is 2.24. The van der Waals surface area contributed by atoms with E-state index in [2.05, 4.69) is 17.9 Å². The van der Waals surface area contributed by atoms with Crippen molar-refractivity contribution in [2.75, 3.05) is 0 Å². The number of hydrogen-bond acceptors (Lipinski definition) is 2. The van der Waals surface area contributed by atoms with E-state index in [1.165, 1.54) is 0 Å². The van der Waals surface area contributed by atoms with Gasteiger partial charge in [-0.15, -0.1) is 12.6 Å². The molecule has 1 amide bonds. The molecule has 0 radical (unpaired) electrons. The largest absolute Gasteiger partial charge is 0.336 e. The zero-order valence-corrected chi connectivity index (χ0v) is 6.64. The summed E-state index contributed by atoms with van der Waals surface area (Å²) in [6.07, 6.45) is 0. The first-order valence-corrected chi connectivity index (χ1v) is 3.88. The lowest BCUT2D eigenvalue weighted by Crippen LogP contribution is -2.14. The summed E-state index contributed by atoms with van der Waals surface area (Å²) in [5.41, 5.74) is 1.72. The van der Waals surface area contributed by atoms with Crippen molar-refractivity contribution in [3.63, 3.8) is 0 Å². The van der Waals surface area contributed by atoms with Gasteiger partial charge < -0.3 is 5.32 Å². The highest BCUT2D eigenvalue weighted by molar-refractivity contribution is 7.80. The fourth-order valence-corrected chi connectivity index (χ4v) is 1.56. The average Bonchev–Trinajstić information content (AvgIpc) is 2.30. The molecule has 1 aromatic rings. The molecule has 2 rings (SSSR count). The summed E-state index contributed by atoms with van der Waals surface area (Å²) < 4.78 is 0. The van der Waals surface area contributed by atoms with Crippen molar-refractivity contribution >= 4 is 18.5 Å². The van der Waals surface area contributed by atoms with Crippen LogP contribution < -0.4 is 5.32 Å². The van der Waals surface area contributed by atoms with Gasteiger partial charge in [0.1, 0.15) is 0 Å². The predicted molar refractivity (Wildman–Crippen MR) is 45.6 cm³/mol. The highest BCUT2D eigenvalue weighted by Crippen LogP contribution is 2.26. The third-order valence-corrected chi connectivity index (χ3v) is 2.18. The van der Waals surface area contributed by atoms with Crippen LogP contribution in [-0.2, 0) is 0 Å². The maximum absolute atomic E-state index is 11.1. The van der Waals surface area contributed by atoms with E-state index in [1.54, 1.807) is 6.07 Å². The van der Waals surface area contributed by atoms with E-state index in [9.17, 15) is 4.79 Å². The van der Waals surface area contributed by atoms with Crippen molar-refractivity contribution in [2.24, 2.45) is 0 Å². The molecule has 56 valence electrons. The molecule has 0 fully saturated rings. The Labute approximate surface area is 70.0 Å². The summed E-state index contributed by atoms with van der Waals surface area (Å²) in [6.45, 7) is 0. The van der Waals surface area contributed by atoms with Crippen molar-refractivity contribution in [1.82, 2.24) is 5.32 Å². The first-order chi connectivity index (χ1) is 5.29. The third kappa shape index (κ3) is 0.922. The molecule has 1 aliphatic rings. The summed E-state index contributed by atoms with van der Waals surface area (Å²) in [4.78, 5) is 11.1. The van der Waals surface area contributed by atoms with Crippen molar-refractivity contribution in [1.29, 1.82) is 0 Å². The Morgan fingerprint density at radius 3 is 2.82 bits per heavy atom. The monoisotopic (exact) mass is 165 g/mol. The second-order valence-corrected chi connectivity index (χ2v) is 2.98. The van der Waals surface area contributed by atoms with Crippen LogP contribution in [0.3, 0.4) is 0 Å². The predicted octanol–water partition coefficient (Wildman–Crippen LogP) is 1.36. The lowest BCUT2D eigenvalue weighted by molar-refractivity contribution is 0.0965. The number of rotatable bonds is 0. The van der Waals surface area contributed by atoms with E-state index in [1.807, 2.05) is 18.2 Å². The number of benzene rings is 1. The summed E-state index contributed by atoms with van der Waals surface area (Å²) in [7, 11) is 0. The van der Waals surface area contributed by atoms with E-state index in [0.29, 0.717) is 0 Å². The van der Waals surface area contributed by atoms with Crippen LogP contribution in [0.5, 0.6) is 0 Å². The minimum atomic E-state index is -0.126. The van der Waals surface area contributed by atoms with Gasteiger partial charge in [-0.1, -0.05) is 18.2 Å². The minimum Gasteiger partial charge on any atom is -0.336 e. The molecule has 1 heterocycles. The Bertz CT molecular complexity index is 311. The van der Waals surface area contributed by atoms with Crippen LogP contribution in [0.4, 0.5) is 0 Å². The number of hydrogen-bond donors (Lipinski definition) is 2. The van der Waals surface area contributed by atoms with Crippen LogP contribution >= 0.6 is 12.6 Å². The summed E-state index contributed by atoms with van der Waals surface area (Å²) >= 11 is 4.20. The second kappa shape index (κ2) is 2.27. The molecular weight excluding hydrogens is 158 g/mol. The smallest absolute Gasteiger partial charge is 0.252 e. The van der Waals surface area contributed by atoms with Crippen LogP contribution in [0.25, 0.3) is 0 Å². The zero-order valence-electron chi connectivity index (χ0n) is 5.74. The molecule has 0 aromatic heterocycles. The molecule has 0 saturated carbocycles. The molecule has 0 spiro atoms. The average molecular weight is 165 g/mol. The Morgan fingerprint density at radius 1 is 1.36 bits per heavy atom. The molecule has 1 atom stereocenters. The van der Waals surface area contributed by atoms with Crippen molar-refractivity contribution < 1.29 is 4.79 Å². The normalized spacial score (nSPS) is 21.2. The van der Waals surface area contributed by atoms with E-state index in [-0.39, 0.29) is 11.3 Å². The van der Waals surface area contributed by atoms with Gasteiger partial charge in [0.25, 0.3) is 5.91 Å². The molecule has 1 unspecified atom stereocenters. The molecule has 0 aliphatic carbocycles. The summed E-state index contributed by atoms with van der Waals surface area (Å²) in [6, 6.07) is 7.47. The second-order valence-electron chi connectivity index (χ2n) is 2.46. The standard InChI is InChI=1S/C8H7NOS/c10-7-5-3-1-2-4-6(5)8(11)9-7/h1-4,8,11H,(H,9,10). The number of amides is 1. The van der Waals surface area contributed by atoms with E-state index >= 15 is 0 Å². The van der Waals surface area contributed by atoms with Gasteiger partial charge in [-0.2, -0.15) is 0 Å². The summed E-state index contributed by atoms with van der Waals surface area (Å²) in [5, 5.41) is 2.58. The highest BCUT2D eigenvalue weighted by atomic mass is 32.1. The van der Waals surface area contributed by atoms with Crippen molar-refractivity contribution in [3.8, 4) is 0 Å². The lowest BCUT2D eigenvalue weighted by atomic mass is 10.1. The molecule has 0 bridgehead atoms. The fraction of sp³-hybridized carbons (Fsp3) is 0.125.